The van der Waals surface area contributed by atoms with E-state index in [1.807, 2.05) is 60.7 Å². The molecule has 254 valence electrons. The molecule has 0 radical (unpaired) electrons. The lowest BCUT2D eigenvalue weighted by Gasteiger charge is -2.17. The monoisotopic (exact) mass is 664 g/mol. The van der Waals surface area contributed by atoms with Gasteiger partial charge in [0.2, 0.25) is 0 Å². The first kappa shape index (κ1) is 34.7. The van der Waals surface area contributed by atoms with Gasteiger partial charge in [-0.25, -0.2) is 19.2 Å². The zero-order valence-electron chi connectivity index (χ0n) is 27.7. The van der Waals surface area contributed by atoms with Gasteiger partial charge in [0.05, 0.1) is 7.11 Å². The lowest BCUT2D eigenvalue weighted by Crippen LogP contribution is -2.41. The average molecular weight is 665 g/mol. The predicted molar refractivity (Wildman–Crippen MR) is 184 cm³/mol. The molecule has 0 fully saturated rings. The van der Waals surface area contributed by atoms with E-state index in [4.69, 9.17) is 14.6 Å². The van der Waals surface area contributed by atoms with E-state index in [1.165, 1.54) is 18.2 Å². The molecule has 49 heavy (non-hydrogen) atoms. The van der Waals surface area contributed by atoms with Crippen molar-refractivity contribution in [3.63, 3.8) is 0 Å². The quantitative estimate of drug-likeness (QED) is 0.123. The van der Waals surface area contributed by atoms with Crippen molar-refractivity contribution in [1.29, 1.82) is 0 Å². The van der Waals surface area contributed by atoms with E-state index < -0.39 is 36.2 Å². The molecule has 2 amide bonds. The summed E-state index contributed by atoms with van der Waals surface area (Å²) in [6.07, 6.45) is -0.568. The molecule has 2 aliphatic carbocycles. The zero-order valence-corrected chi connectivity index (χ0v) is 27.7. The van der Waals surface area contributed by atoms with Crippen LogP contribution in [0.5, 0.6) is 0 Å². The molecule has 0 aliphatic heterocycles. The van der Waals surface area contributed by atoms with Gasteiger partial charge in [0, 0.05) is 11.8 Å². The molecular weight excluding hydrogens is 624 g/mol. The number of rotatable bonds is 10. The number of hydrogen-bond donors (Lipinski definition) is 3. The molecule has 0 saturated carbocycles. The van der Waals surface area contributed by atoms with Gasteiger partial charge in [-0.1, -0.05) is 111 Å². The molecule has 0 saturated heterocycles. The van der Waals surface area contributed by atoms with Gasteiger partial charge < -0.3 is 30.0 Å². The third-order valence-electron chi connectivity index (χ3n) is 8.87. The number of carboxylic acids is 1. The Balaban J connectivity index is 0.000000191. The van der Waals surface area contributed by atoms with Crippen LogP contribution in [0.2, 0.25) is 0 Å². The van der Waals surface area contributed by atoms with Gasteiger partial charge in [-0.2, -0.15) is 0 Å². The Labute approximate surface area is 285 Å². The molecule has 10 nitrogen and oxygen atoms in total. The van der Waals surface area contributed by atoms with Crippen LogP contribution in [0.15, 0.2) is 97.1 Å². The summed E-state index contributed by atoms with van der Waals surface area (Å²) in [4.78, 5) is 46.5. The minimum Gasteiger partial charge on any atom is -0.480 e. The van der Waals surface area contributed by atoms with Gasteiger partial charge in [-0.3, -0.25) is 0 Å². The standard InChI is InChI=1S/C20H21NO4.C19H19NO4/c1-3-18(19(22)24-2)21-20(23)25-12-17-15-10-6-4-8-13(15)14-9-5-7-11-16(14)17;1-2-17(18(21)22)20-19(23)24-11-16-14-9-5-3-7-12(14)13-8-4-6-10-15(13)16/h4-11,17-18H,3,12H2,1-2H3,(H,21,23);3-10,16-17H,2,11H2,1H3,(H,20,23)(H,21,22). The summed E-state index contributed by atoms with van der Waals surface area (Å²) in [5.74, 6) is -1.58. The first-order chi connectivity index (χ1) is 23.8. The molecule has 2 aliphatic rings. The molecule has 0 heterocycles. The third-order valence-corrected chi connectivity index (χ3v) is 8.87. The molecule has 6 rings (SSSR count). The van der Waals surface area contributed by atoms with E-state index in [-0.39, 0.29) is 25.0 Å². The van der Waals surface area contributed by atoms with E-state index in [0.717, 1.165) is 33.4 Å². The number of aliphatic carboxylic acids is 1. The Morgan fingerprint density at radius 3 is 1.22 bits per heavy atom. The number of methoxy groups -OCH3 is 1. The number of hydrogen-bond acceptors (Lipinski definition) is 7. The van der Waals surface area contributed by atoms with Crippen LogP contribution in [0.1, 0.15) is 60.8 Å². The van der Waals surface area contributed by atoms with Crippen molar-refractivity contribution in [3.05, 3.63) is 119 Å². The molecule has 2 unspecified atom stereocenters. The molecule has 4 aromatic rings. The Kier molecular flexibility index (Phi) is 11.3. The van der Waals surface area contributed by atoms with Crippen molar-refractivity contribution in [3.8, 4) is 22.3 Å². The normalized spacial score (nSPS) is 13.6. The van der Waals surface area contributed by atoms with Gasteiger partial charge in [-0.15, -0.1) is 0 Å². The minimum absolute atomic E-state index is 0.00338. The number of amides is 2. The van der Waals surface area contributed by atoms with Gasteiger partial charge in [0.1, 0.15) is 25.3 Å². The van der Waals surface area contributed by atoms with E-state index >= 15 is 0 Å². The third kappa shape index (κ3) is 7.75. The van der Waals surface area contributed by atoms with E-state index in [0.29, 0.717) is 12.8 Å². The summed E-state index contributed by atoms with van der Waals surface area (Å²) < 4.78 is 15.4. The summed E-state index contributed by atoms with van der Waals surface area (Å²) in [5, 5.41) is 13.9. The maximum atomic E-state index is 12.1. The minimum atomic E-state index is -1.06. The van der Waals surface area contributed by atoms with E-state index in [2.05, 4.69) is 51.8 Å². The number of esters is 1. The summed E-state index contributed by atoms with van der Waals surface area (Å²) in [5.41, 5.74) is 9.20. The van der Waals surface area contributed by atoms with Crippen molar-refractivity contribution in [2.45, 2.75) is 50.6 Å². The molecule has 0 spiro atoms. The SMILES string of the molecule is CCC(NC(=O)OCC1c2ccccc2-c2ccccc21)C(=O)O.CCC(NC(=O)OCC1c2ccccc2-c2ccccc21)C(=O)OC. The summed E-state index contributed by atoms with van der Waals surface area (Å²) in [7, 11) is 1.30. The van der Waals surface area contributed by atoms with Crippen LogP contribution in [-0.2, 0) is 23.8 Å². The second-order valence-corrected chi connectivity index (χ2v) is 11.7. The number of carbonyl (C=O) groups is 4. The van der Waals surface area contributed by atoms with Crippen molar-refractivity contribution in [2.24, 2.45) is 0 Å². The van der Waals surface area contributed by atoms with Crippen LogP contribution in [0.4, 0.5) is 9.59 Å². The van der Waals surface area contributed by atoms with Crippen LogP contribution in [-0.4, -0.2) is 61.6 Å². The molecule has 4 aromatic carbocycles. The van der Waals surface area contributed by atoms with Gasteiger partial charge in [-0.05, 0) is 57.3 Å². The van der Waals surface area contributed by atoms with Crippen molar-refractivity contribution in [1.82, 2.24) is 10.6 Å². The average Bonchev–Trinajstić information content (AvgIpc) is 3.63. The highest BCUT2D eigenvalue weighted by atomic mass is 16.6. The summed E-state index contributed by atoms with van der Waals surface area (Å²) in [6, 6.07) is 30.8. The molecule has 2 atom stereocenters. The first-order valence-corrected chi connectivity index (χ1v) is 16.3. The maximum absolute atomic E-state index is 12.1. The van der Waals surface area contributed by atoms with Crippen LogP contribution in [0.3, 0.4) is 0 Å². The highest BCUT2D eigenvalue weighted by molar-refractivity contribution is 5.83. The second kappa shape index (κ2) is 16.0. The second-order valence-electron chi connectivity index (χ2n) is 11.7. The number of benzene rings is 4. The molecule has 0 aromatic heterocycles. The van der Waals surface area contributed by atoms with Crippen molar-refractivity contribution < 1.29 is 38.5 Å². The van der Waals surface area contributed by atoms with E-state index in [9.17, 15) is 19.2 Å². The molecular formula is C39H40N2O8. The Hall–Kier alpha value is -5.64. The lowest BCUT2D eigenvalue weighted by atomic mass is 9.98. The number of fused-ring (bicyclic) bond motifs is 6. The fourth-order valence-corrected chi connectivity index (χ4v) is 6.37. The fraction of sp³-hybridized carbons (Fsp3) is 0.282. The van der Waals surface area contributed by atoms with Crippen LogP contribution >= 0.6 is 0 Å². The number of ether oxygens (including phenoxy) is 3. The van der Waals surface area contributed by atoms with Gasteiger partial charge >= 0.3 is 24.1 Å². The van der Waals surface area contributed by atoms with Crippen LogP contribution < -0.4 is 10.6 Å². The Bertz CT molecular complexity index is 1730. The smallest absolute Gasteiger partial charge is 0.407 e. The Morgan fingerprint density at radius 2 is 0.918 bits per heavy atom. The highest BCUT2D eigenvalue weighted by Gasteiger charge is 2.31. The van der Waals surface area contributed by atoms with Gasteiger partial charge in [0.25, 0.3) is 0 Å². The summed E-state index contributed by atoms with van der Waals surface area (Å²) >= 11 is 0. The number of carbonyl (C=O) groups excluding carboxylic acids is 3. The lowest BCUT2D eigenvalue weighted by molar-refractivity contribution is -0.143. The Morgan fingerprint density at radius 1 is 0.592 bits per heavy atom. The number of carboxylic acid groups (broad SMARTS) is 1. The van der Waals surface area contributed by atoms with Crippen molar-refractivity contribution >= 4 is 24.1 Å². The van der Waals surface area contributed by atoms with Gasteiger partial charge in [0.15, 0.2) is 0 Å². The fourth-order valence-electron chi connectivity index (χ4n) is 6.37. The predicted octanol–water partition coefficient (Wildman–Crippen LogP) is 6.87. The molecule has 10 heteroatoms. The topological polar surface area (TPSA) is 140 Å². The molecule has 3 N–H and O–H groups in total. The number of alkyl carbamates (subject to hydrolysis) is 2. The maximum Gasteiger partial charge on any atom is 0.407 e. The summed E-state index contributed by atoms with van der Waals surface area (Å²) in [6.45, 7) is 3.89. The molecule has 0 bridgehead atoms. The first-order valence-electron chi connectivity index (χ1n) is 16.3. The van der Waals surface area contributed by atoms with E-state index in [1.54, 1.807) is 13.8 Å². The zero-order chi connectivity index (χ0) is 34.9. The largest absolute Gasteiger partial charge is 0.480 e. The highest BCUT2D eigenvalue weighted by Crippen LogP contribution is 2.45. The van der Waals surface area contributed by atoms with Crippen LogP contribution in [0, 0.1) is 0 Å². The number of nitrogens with one attached hydrogen (secondary N) is 2. The van der Waals surface area contributed by atoms with Crippen LogP contribution in [0.25, 0.3) is 22.3 Å². The van der Waals surface area contributed by atoms with Crippen molar-refractivity contribution in [2.75, 3.05) is 20.3 Å².